The van der Waals surface area contributed by atoms with Crippen LogP contribution in [-0.4, -0.2) is 68.2 Å². The zero-order valence-electron chi connectivity index (χ0n) is 17.7. The summed E-state index contributed by atoms with van der Waals surface area (Å²) in [5.74, 6) is 0.640. The number of hydrogen-bond acceptors (Lipinski definition) is 6. The Morgan fingerprint density at radius 3 is 2.31 bits per heavy atom. The van der Waals surface area contributed by atoms with Crippen molar-refractivity contribution in [3.05, 3.63) is 29.5 Å². The fraction of sp³-hybridized carbons (Fsp3) is 0.545. The van der Waals surface area contributed by atoms with Crippen LogP contribution in [0.1, 0.15) is 38.7 Å². The number of rotatable bonds is 9. The van der Waals surface area contributed by atoms with Crippen LogP contribution >= 0.6 is 0 Å². The van der Waals surface area contributed by atoms with Gasteiger partial charge in [-0.15, -0.1) is 0 Å². The summed E-state index contributed by atoms with van der Waals surface area (Å²) in [6, 6.07) is 5.34. The van der Waals surface area contributed by atoms with Crippen LogP contribution < -0.4 is 9.47 Å². The molecule has 0 aliphatic carbocycles. The maximum Gasteiger partial charge on any atom is 0.277 e. The lowest BCUT2D eigenvalue weighted by Gasteiger charge is -2.20. The summed E-state index contributed by atoms with van der Waals surface area (Å²) in [4.78, 5) is 29.9. The zero-order chi connectivity index (χ0) is 21.0. The normalized spacial score (nSPS) is 17.1. The molecule has 0 aromatic heterocycles. The molecule has 1 saturated heterocycles. The molecular weight excluding hydrogens is 372 g/mol. The molecule has 1 fully saturated rings. The largest absolute Gasteiger partial charge is 0.493 e. The fourth-order valence-electron chi connectivity index (χ4n) is 3.79. The number of hydrogen-bond donors (Lipinski definition) is 0. The SMILES string of the molecule is COc1ccc(C2=C(N3CCCC3)C(=O)N(CCCOC(C)C)C2=O)cc1OC. The number of methoxy groups -OCH3 is 2. The van der Waals surface area contributed by atoms with Gasteiger partial charge in [0.05, 0.1) is 25.9 Å². The van der Waals surface area contributed by atoms with Gasteiger partial charge in [0.15, 0.2) is 11.5 Å². The molecule has 2 amide bonds. The van der Waals surface area contributed by atoms with E-state index < -0.39 is 0 Å². The molecule has 1 aromatic rings. The van der Waals surface area contributed by atoms with Crippen LogP contribution in [0.15, 0.2) is 23.9 Å². The van der Waals surface area contributed by atoms with Crippen molar-refractivity contribution in [1.82, 2.24) is 9.80 Å². The van der Waals surface area contributed by atoms with Crippen LogP contribution in [0.3, 0.4) is 0 Å². The van der Waals surface area contributed by atoms with Gasteiger partial charge < -0.3 is 19.1 Å². The second-order valence-corrected chi connectivity index (χ2v) is 7.52. The predicted octanol–water partition coefficient (Wildman–Crippen LogP) is 2.69. The van der Waals surface area contributed by atoms with E-state index in [1.807, 2.05) is 24.8 Å². The van der Waals surface area contributed by atoms with E-state index in [1.165, 1.54) is 4.90 Å². The second-order valence-electron chi connectivity index (χ2n) is 7.52. The summed E-state index contributed by atoms with van der Waals surface area (Å²) >= 11 is 0. The Bertz CT molecular complexity index is 796. The molecule has 29 heavy (non-hydrogen) atoms. The van der Waals surface area contributed by atoms with Crippen molar-refractivity contribution >= 4 is 17.4 Å². The first-order valence-electron chi connectivity index (χ1n) is 10.2. The molecule has 1 aromatic carbocycles. The molecule has 7 heteroatoms. The summed E-state index contributed by atoms with van der Waals surface area (Å²) in [7, 11) is 3.12. The summed E-state index contributed by atoms with van der Waals surface area (Å²) in [6.07, 6.45) is 2.78. The molecule has 0 bridgehead atoms. The lowest BCUT2D eigenvalue weighted by Crippen LogP contribution is -2.35. The molecular formula is C22H30N2O5. The van der Waals surface area contributed by atoms with Crippen molar-refractivity contribution in [2.75, 3.05) is 40.5 Å². The number of nitrogens with zero attached hydrogens (tertiary/aromatic N) is 2. The quantitative estimate of drug-likeness (QED) is 0.467. The third-order valence-electron chi connectivity index (χ3n) is 5.22. The smallest absolute Gasteiger partial charge is 0.277 e. The molecule has 158 valence electrons. The molecule has 0 saturated carbocycles. The van der Waals surface area contributed by atoms with Crippen molar-refractivity contribution in [1.29, 1.82) is 0 Å². The van der Waals surface area contributed by atoms with E-state index in [-0.39, 0.29) is 17.9 Å². The Labute approximate surface area is 172 Å². The number of amides is 2. The molecule has 7 nitrogen and oxygen atoms in total. The molecule has 0 radical (unpaired) electrons. The molecule has 0 atom stereocenters. The van der Waals surface area contributed by atoms with Crippen molar-refractivity contribution in [2.24, 2.45) is 0 Å². The minimum Gasteiger partial charge on any atom is -0.493 e. The van der Waals surface area contributed by atoms with Gasteiger partial charge in [-0.3, -0.25) is 14.5 Å². The average molecular weight is 402 g/mol. The Kier molecular flexibility index (Phi) is 6.79. The van der Waals surface area contributed by atoms with Crippen molar-refractivity contribution < 1.29 is 23.8 Å². The number of ether oxygens (including phenoxy) is 3. The Balaban J connectivity index is 1.92. The van der Waals surface area contributed by atoms with E-state index >= 15 is 0 Å². The summed E-state index contributed by atoms with van der Waals surface area (Å²) < 4.78 is 16.3. The lowest BCUT2D eigenvalue weighted by molar-refractivity contribution is -0.137. The Hall–Kier alpha value is -2.54. The van der Waals surface area contributed by atoms with Gasteiger partial charge in [-0.2, -0.15) is 0 Å². The highest BCUT2D eigenvalue weighted by atomic mass is 16.5. The van der Waals surface area contributed by atoms with Crippen LogP contribution in [0.5, 0.6) is 11.5 Å². The number of carbonyl (C=O) groups is 2. The third kappa shape index (κ3) is 4.40. The standard InChI is InChI=1S/C22H30N2O5/c1-15(2)29-13-7-12-24-21(25)19(20(22(24)26)23-10-5-6-11-23)16-8-9-17(27-3)18(14-16)28-4/h8-9,14-15H,5-7,10-13H2,1-4H3. The van der Waals surface area contributed by atoms with Crippen LogP contribution in [0.2, 0.25) is 0 Å². The predicted molar refractivity (Wildman–Crippen MR) is 110 cm³/mol. The summed E-state index contributed by atoms with van der Waals surface area (Å²) in [5.41, 5.74) is 1.62. The maximum absolute atomic E-state index is 13.3. The number of benzene rings is 1. The van der Waals surface area contributed by atoms with E-state index in [2.05, 4.69) is 0 Å². The van der Waals surface area contributed by atoms with Crippen LogP contribution in [0, 0.1) is 0 Å². The molecule has 0 spiro atoms. The third-order valence-corrected chi connectivity index (χ3v) is 5.22. The van der Waals surface area contributed by atoms with E-state index in [0.717, 1.165) is 25.9 Å². The van der Waals surface area contributed by atoms with E-state index in [1.54, 1.807) is 26.4 Å². The van der Waals surface area contributed by atoms with Gasteiger partial charge in [-0.1, -0.05) is 6.07 Å². The van der Waals surface area contributed by atoms with Gasteiger partial charge in [0.2, 0.25) is 0 Å². The summed E-state index contributed by atoms with van der Waals surface area (Å²) in [5, 5.41) is 0. The van der Waals surface area contributed by atoms with Gasteiger partial charge in [0, 0.05) is 26.2 Å². The van der Waals surface area contributed by atoms with E-state index in [4.69, 9.17) is 14.2 Å². The van der Waals surface area contributed by atoms with Crippen LogP contribution in [-0.2, 0) is 14.3 Å². The fourth-order valence-corrected chi connectivity index (χ4v) is 3.79. The highest BCUT2D eigenvalue weighted by Crippen LogP contribution is 2.37. The molecule has 2 aliphatic heterocycles. The van der Waals surface area contributed by atoms with Crippen LogP contribution in [0.25, 0.3) is 5.57 Å². The van der Waals surface area contributed by atoms with Gasteiger partial charge in [-0.25, -0.2) is 0 Å². The first-order valence-corrected chi connectivity index (χ1v) is 10.2. The van der Waals surface area contributed by atoms with Crippen LogP contribution in [0.4, 0.5) is 0 Å². The van der Waals surface area contributed by atoms with E-state index in [0.29, 0.717) is 47.9 Å². The van der Waals surface area contributed by atoms with Crippen molar-refractivity contribution in [2.45, 2.75) is 39.2 Å². The zero-order valence-corrected chi connectivity index (χ0v) is 17.7. The topological polar surface area (TPSA) is 68.3 Å². The first kappa shape index (κ1) is 21.2. The average Bonchev–Trinajstić information content (AvgIpc) is 3.31. The van der Waals surface area contributed by atoms with Crippen molar-refractivity contribution in [3.8, 4) is 11.5 Å². The van der Waals surface area contributed by atoms with Gasteiger partial charge >= 0.3 is 0 Å². The molecule has 0 unspecified atom stereocenters. The maximum atomic E-state index is 13.3. The molecule has 2 aliphatic rings. The number of imide groups is 1. The molecule has 0 N–H and O–H groups in total. The monoisotopic (exact) mass is 402 g/mol. The second kappa shape index (κ2) is 9.31. The van der Waals surface area contributed by atoms with E-state index in [9.17, 15) is 9.59 Å². The van der Waals surface area contributed by atoms with Crippen molar-refractivity contribution in [3.63, 3.8) is 0 Å². The minimum absolute atomic E-state index is 0.126. The minimum atomic E-state index is -0.256. The van der Waals surface area contributed by atoms with Gasteiger partial charge in [-0.05, 0) is 50.8 Å². The van der Waals surface area contributed by atoms with Gasteiger partial charge in [0.1, 0.15) is 5.70 Å². The summed E-state index contributed by atoms with van der Waals surface area (Å²) in [6.45, 7) is 6.37. The highest BCUT2D eigenvalue weighted by molar-refractivity contribution is 6.35. The number of carbonyl (C=O) groups excluding carboxylic acids is 2. The highest BCUT2D eigenvalue weighted by Gasteiger charge is 2.42. The van der Waals surface area contributed by atoms with Gasteiger partial charge in [0.25, 0.3) is 11.8 Å². The Morgan fingerprint density at radius 2 is 1.69 bits per heavy atom. The first-order chi connectivity index (χ1) is 14.0. The number of likely N-dealkylation sites (tertiary alicyclic amines) is 1. The lowest BCUT2D eigenvalue weighted by atomic mass is 10.0. The molecule has 2 heterocycles. The Morgan fingerprint density at radius 1 is 1.00 bits per heavy atom. The molecule has 3 rings (SSSR count).